The predicted molar refractivity (Wildman–Crippen MR) is 107 cm³/mol. The van der Waals surface area contributed by atoms with Crippen molar-refractivity contribution in [3.05, 3.63) is 46.1 Å². The zero-order valence-electron chi connectivity index (χ0n) is 15.7. The number of anilines is 2. The molecule has 1 saturated heterocycles. The molecule has 0 saturated carbocycles. The molecule has 1 N–H and O–H groups in total. The van der Waals surface area contributed by atoms with Crippen LogP contribution < -0.4 is 10.2 Å². The van der Waals surface area contributed by atoms with Crippen LogP contribution in [0.25, 0.3) is 10.2 Å². The Labute approximate surface area is 165 Å². The van der Waals surface area contributed by atoms with Crippen molar-refractivity contribution in [3.63, 3.8) is 0 Å². The standard InChI is InChI=1S/C20H20F2N4OS/c1-11-16-18(26-8-4-3-5-9-26)23-12(2)24-20(16)28-17(11)19(27)25-15-7-6-13(21)10-14(15)22/h6-7,10H,3-5,8-9H2,1-2H3,(H,25,27). The van der Waals surface area contributed by atoms with Gasteiger partial charge in [-0.3, -0.25) is 4.79 Å². The van der Waals surface area contributed by atoms with Crippen LogP contribution in [0.1, 0.15) is 40.3 Å². The third kappa shape index (κ3) is 3.44. The van der Waals surface area contributed by atoms with Crippen LogP contribution in [0.5, 0.6) is 0 Å². The van der Waals surface area contributed by atoms with Gasteiger partial charge in [0.25, 0.3) is 5.91 Å². The second kappa shape index (κ2) is 7.43. The third-order valence-electron chi connectivity index (χ3n) is 4.92. The van der Waals surface area contributed by atoms with Gasteiger partial charge in [0.15, 0.2) is 0 Å². The van der Waals surface area contributed by atoms with Gasteiger partial charge in [-0.15, -0.1) is 11.3 Å². The number of carbonyl (C=O) groups is 1. The molecule has 4 rings (SSSR count). The Balaban J connectivity index is 1.73. The predicted octanol–water partition coefficient (Wildman–Crippen LogP) is 4.83. The summed E-state index contributed by atoms with van der Waals surface area (Å²) in [6, 6.07) is 3.07. The second-order valence-electron chi connectivity index (χ2n) is 6.96. The molecule has 1 aliphatic heterocycles. The molecular weight excluding hydrogens is 382 g/mol. The van der Waals surface area contributed by atoms with Crippen molar-refractivity contribution < 1.29 is 13.6 Å². The molecule has 5 nitrogen and oxygen atoms in total. The van der Waals surface area contributed by atoms with E-state index < -0.39 is 17.5 Å². The van der Waals surface area contributed by atoms with Crippen molar-refractivity contribution in [2.45, 2.75) is 33.1 Å². The Bertz CT molecular complexity index is 1060. The zero-order valence-corrected chi connectivity index (χ0v) is 16.5. The van der Waals surface area contributed by atoms with Crippen molar-refractivity contribution in [1.29, 1.82) is 0 Å². The lowest BCUT2D eigenvalue weighted by Gasteiger charge is -2.28. The van der Waals surface area contributed by atoms with Gasteiger partial charge in [-0.2, -0.15) is 0 Å². The Hall–Kier alpha value is -2.61. The molecule has 3 heterocycles. The molecule has 0 atom stereocenters. The first-order valence-electron chi connectivity index (χ1n) is 9.23. The lowest BCUT2D eigenvalue weighted by Crippen LogP contribution is -2.30. The highest BCUT2D eigenvalue weighted by molar-refractivity contribution is 7.20. The smallest absolute Gasteiger partial charge is 0.266 e. The van der Waals surface area contributed by atoms with E-state index in [2.05, 4.69) is 20.2 Å². The Morgan fingerprint density at radius 3 is 2.61 bits per heavy atom. The number of amides is 1. The fourth-order valence-electron chi connectivity index (χ4n) is 3.54. The normalized spacial score (nSPS) is 14.5. The van der Waals surface area contributed by atoms with Gasteiger partial charge in [-0.25, -0.2) is 18.7 Å². The summed E-state index contributed by atoms with van der Waals surface area (Å²) in [5.41, 5.74) is 0.724. The van der Waals surface area contributed by atoms with Crippen molar-refractivity contribution in [3.8, 4) is 0 Å². The molecule has 3 aromatic rings. The third-order valence-corrected chi connectivity index (χ3v) is 6.11. The van der Waals surface area contributed by atoms with E-state index in [4.69, 9.17) is 0 Å². The molecule has 1 aliphatic rings. The zero-order chi connectivity index (χ0) is 19.8. The van der Waals surface area contributed by atoms with Crippen LogP contribution in [0.3, 0.4) is 0 Å². The maximum absolute atomic E-state index is 13.9. The molecule has 0 bridgehead atoms. The highest BCUT2D eigenvalue weighted by Crippen LogP contribution is 2.36. The number of piperidine rings is 1. The van der Waals surface area contributed by atoms with E-state index in [-0.39, 0.29) is 5.69 Å². The van der Waals surface area contributed by atoms with Crippen molar-refractivity contribution >= 4 is 39.0 Å². The summed E-state index contributed by atoms with van der Waals surface area (Å²) in [5, 5.41) is 3.41. The highest BCUT2D eigenvalue weighted by atomic mass is 32.1. The molecule has 0 unspecified atom stereocenters. The number of nitrogens with one attached hydrogen (secondary N) is 1. The van der Waals surface area contributed by atoms with E-state index in [0.29, 0.717) is 10.7 Å². The van der Waals surface area contributed by atoms with Crippen LogP contribution in [0.15, 0.2) is 18.2 Å². The van der Waals surface area contributed by atoms with Crippen LogP contribution in [0.4, 0.5) is 20.3 Å². The van der Waals surface area contributed by atoms with Gasteiger partial charge in [0, 0.05) is 19.2 Å². The molecule has 1 amide bonds. The minimum absolute atomic E-state index is 0.0539. The van der Waals surface area contributed by atoms with Crippen LogP contribution in [0.2, 0.25) is 0 Å². The van der Waals surface area contributed by atoms with Crippen molar-refractivity contribution in [2.24, 2.45) is 0 Å². The summed E-state index contributed by atoms with van der Waals surface area (Å²) in [4.78, 5) is 25.4. The van der Waals surface area contributed by atoms with Crippen molar-refractivity contribution in [2.75, 3.05) is 23.3 Å². The number of thiophene rings is 1. The van der Waals surface area contributed by atoms with Gasteiger partial charge >= 0.3 is 0 Å². The van der Waals surface area contributed by atoms with Crippen LogP contribution in [-0.4, -0.2) is 29.0 Å². The molecule has 8 heteroatoms. The second-order valence-corrected chi connectivity index (χ2v) is 7.96. The number of halogens is 2. The van der Waals surface area contributed by atoms with E-state index in [9.17, 15) is 13.6 Å². The SMILES string of the molecule is Cc1nc(N2CCCCC2)c2c(C)c(C(=O)Nc3ccc(F)cc3F)sc2n1. The quantitative estimate of drug-likeness (QED) is 0.682. The Kier molecular flexibility index (Phi) is 4.97. The first kappa shape index (κ1) is 18.7. The van der Waals surface area contributed by atoms with Gasteiger partial charge in [0.1, 0.15) is 28.1 Å². The molecule has 0 radical (unpaired) electrons. The fourth-order valence-corrected chi connectivity index (χ4v) is 4.66. The van der Waals surface area contributed by atoms with Gasteiger partial charge in [0.2, 0.25) is 0 Å². The minimum Gasteiger partial charge on any atom is -0.356 e. The van der Waals surface area contributed by atoms with Gasteiger partial charge in [-0.1, -0.05) is 0 Å². The topological polar surface area (TPSA) is 58.1 Å². The van der Waals surface area contributed by atoms with Crippen LogP contribution >= 0.6 is 11.3 Å². The first-order valence-corrected chi connectivity index (χ1v) is 10.0. The maximum atomic E-state index is 13.9. The summed E-state index contributed by atoms with van der Waals surface area (Å²) in [6.45, 7) is 5.57. The number of hydrogen-bond donors (Lipinski definition) is 1. The van der Waals surface area contributed by atoms with E-state index in [0.717, 1.165) is 59.7 Å². The lowest BCUT2D eigenvalue weighted by atomic mass is 10.1. The van der Waals surface area contributed by atoms with Gasteiger partial charge in [-0.05, 0) is 50.8 Å². The van der Waals surface area contributed by atoms with E-state index in [1.54, 1.807) is 0 Å². The summed E-state index contributed by atoms with van der Waals surface area (Å²) in [6.07, 6.45) is 3.44. The van der Waals surface area contributed by atoms with Crippen LogP contribution in [0, 0.1) is 25.5 Å². The summed E-state index contributed by atoms with van der Waals surface area (Å²) >= 11 is 1.27. The van der Waals surface area contributed by atoms with Crippen LogP contribution in [-0.2, 0) is 0 Å². The van der Waals surface area contributed by atoms with Gasteiger partial charge in [0.05, 0.1) is 16.0 Å². The number of nitrogens with zero attached hydrogens (tertiary/aromatic N) is 3. The average molecular weight is 402 g/mol. The van der Waals surface area contributed by atoms with Crippen molar-refractivity contribution in [1.82, 2.24) is 9.97 Å². The summed E-state index contributed by atoms with van der Waals surface area (Å²) < 4.78 is 27.0. The number of fused-ring (bicyclic) bond motifs is 1. The summed E-state index contributed by atoms with van der Waals surface area (Å²) in [7, 11) is 0. The molecule has 1 aromatic carbocycles. The van der Waals surface area contributed by atoms with E-state index >= 15 is 0 Å². The molecule has 1 fully saturated rings. The molecule has 0 aliphatic carbocycles. The molecular formula is C20H20F2N4OS. The monoisotopic (exact) mass is 402 g/mol. The van der Waals surface area contributed by atoms with E-state index in [1.807, 2.05) is 13.8 Å². The fraction of sp³-hybridized carbons (Fsp3) is 0.350. The number of rotatable bonds is 3. The largest absolute Gasteiger partial charge is 0.356 e. The average Bonchev–Trinajstić information content (AvgIpc) is 3.00. The molecule has 146 valence electrons. The Morgan fingerprint density at radius 1 is 1.14 bits per heavy atom. The number of carbonyl (C=O) groups excluding carboxylic acids is 1. The minimum atomic E-state index is -0.809. The lowest BCUT2D eigenvalue weighted by molar-refractivity contribution is 0.102. The highest BCUT2D eigenvalue weighted by Gasteiger charge is 2.24. The number of aromatic nitrogens is 2. The van der Waals surface area contributed by atoms with E-state index in [1.165, 1.54) is 23.8 Å². The molecule has 0 spiro atoms. The number of hydrogen-bond acceptors (Lipinski definition) is 5. The maximum Gasteiger partial charge on any atom is 0.266 e. The first-order chi connectivity index (χ1) is 13.4. The van der Waals surface area contributed by atoms with Gasteiger partial charge < -0.3 is 10.2 Å². The molecule has 28 heavy (non-hydrogen) atoms. The Morgan fingerprint density at radius 2 is 1.89 bits per heavy atom. The summed E-state index contributed by atoms with van der Waals surface area (Å²) in [5.74, 6) is -0.413. The number of aryl methyl sites for hydroxylation is 2. The number of benzene rings is 1. The molecule has 2 aromatic heterocycles.